The summed E-state index contributed by atoms with van der Waals surface area (Å²) in [7, 11) is -4.49. The minimum atomic E-state index is -4.49. The minimum absolute atomic E-state index is 0. The average Bonchev–Trinajstić information content (AvgIpc) is 2.63. The van der Waals surface area contributed by atoms with Gasteiger partial charge in [-0.3, -0.25) is 8.76 Å². The van der Waals surface area contributed by atoms with Crippen LogP contribution in [0, 0.1) is 0 Å². The van der Waals surface area contributed by atoms with Crippen molar-refractivity contribution < 1.29 is 52.7 Å². The molecular weight excluding hydrogens is 419 g/mol. The first-order chi connectivity index (χ1) is 12.3. The Morgan fingerprint density at radius 1 is 0.889 bits per heavy atom. The Morgan fingerprint density at radius 2 is 1.33 bits per heavy atom. The van der Waals surface area contributed by atoms with Crippen molar-refractivity contribution in [2.75, 3.05) is 0 Å². The largest absolute Gasteiger partial charge is 1.00 e. The van der Waals surface area contributed by atoms with Gasteiger partial charge in [0, 0.05) is 4.90 Å². The Bertz CT molecular complexity index is 965. The van der Waals surface area contributed by atoms with Crippen LogP contribution in [0.5, 0.6) is 0 Å². The normalized spacial score (nSPS) is 11.5. The van der Waals surface area contributed by atoms with Gasteiger partial charge in [-0.15, -0.1) is 0 Å². The van der Waals surface area contributed by atoms with Crippen molar-refractivity contribution in [2.45, 2.75) is 9.79 Å². The maximum Gasteiger partial charge on any atom is 1.00 e. The van der Waals surface area contributed by atoms with E-state index in [1.165, 1.54) is 11.1 Å². The van der Waals surface area contributed by atoms with Crippen LogP contribution in [0.2, 0.25) is 5.02 Å². The predicted octanol–water partition coefficient (Wildman–Crippen LogP) is 1.29. The Labute approximate surface area is 189 Å². The number of rotatable bonds is 3. The van der Waals surface area contributed by atoms with Crippen molar-refractivity contribution in [3.8, 4) is 11.1 Å². The van der Waals surface area contributed by atoms with E-state index in [1.807, 2.05) is 12.1 Å². The summed E-state index contributed by atoms with van der Waals surface area (Å²) in [4.78, 5) is -0.886. The van der Waals surface area contributed by atoms with Crippen molar-refractivity contribution in [2.24, 2.45) is 0 Å². The summed E-state index contributed by atoms with van der Waals surface area (Å²) in [5.74, 6) is 0. The molecule has 0 fully saturated rings. The third-order valence-corrected chi connectivity index (χ3v) is 5.23. The molecule has 1 unspecified atom stereocenters. The molecule has 138 valence electrons. The number of benzene rings is 3. The van der Waals surface area contributed by atoms with Crippen LogP contribution in [-0.2, 0) is 21.2 Å². The van der Waals surface area contributed by atoms with Gasteiger partial charge in [0.25, 0.3) is 10.1 Å². The summed E-state index contributed by atoms with van der Waals surface area (Å²) < 4.78 is 51.0. The second-order valence-corrected chi connectivity index (χ2v) is 7.77. The Kier molecular flexibility index (Phi) is 9.86. The SMILES string of the molecule is O=S([O-])c1ccc(Cl)c(S(=O)(=O)O)c1.[H-].[Na+].c1ccc(-c2ccccc2)cc1. The van der Waals surface area contributed by atoms with Crippen LogP contribution >= 0.6 is 11.6 Å². The van der Waals surface area contributed by atoms with Gasteiger partial charge in [0.2, 0.25) is 0 Å². The van der Waals surface area contributed by atoms with Gasteiger partial charge in [-0.2, -0.15) is 8.42 Å². The van der Waals surface area contributed by atoms with Gasteiger partial charge in [-0.05, 0) is 40.4 Å². The summed E-state index contributed by atoms with van der Waals surface area (Å²) in [5, 5.41) is -0.235. The third kappa shape index (κ3) is 7.48. The summed E-state index contributed by atoms with van der Waals surface area (Å²) in [6, 6.07) is 23.8. The first-order valence-corrected chi connectivity index (χ1v) is 10.1. The molecule has 0 aliphatic rings. The van der Waals surface area contributed by atoms with Gasteiger partial charge in [0.15, 0.2) is 0 Å². The average molecular weight is 434 g/mol. The molecular formula is C18H15ClNaO5S2-. The Balaban J connectivity index is 0.000000489. The first-order valence-electron chi connectivity index (χ1n) is 7.26. The van der Waals surface area contributed by atoms with Gasteiger partial charge in [0.05, 0.1) is 5.02 Å². The zero-order valence-electron chi connectivity index (χ0n) is 15.3. The van der Waals surface area contributed by atoms with E-state index in [0.717, 1.165) is 18.2 Å². The molecule has 1 atom stereocenters. The number of hydrogen-bond acceptors (Lipinski definition) is 4. The summed E-state index contributed by atoms with van der Waals surface area (Å²) in [6.45, 7) is 0. The second kappa shape index (κ2) is 11.1. The van der Waals surface area contributed by atoms with Crippen LogP contribution < -0.4 is 29.6 Å². The van der Waals surface area contributed by atoms with Crippen molar-refractivity contribution in [3.05, 3.63) is 83.9 Å². The van der Waals surface area contributed by atoms with E-state index in [2.05, 4.69) is 48.5 Å². The van der Waals surface area contributed by atoms with E-state index in [4.69, 9.17) is 16.2 Å². The first kappa shape index (κ1) is 24.0. The zero-order chi connectivity index (χ0) is 19.2. The molecule has 0 aliphatic carbocycles. The summed E-state index contributed by atoms with van der Waals surface area (Å²) in [5.41, 5.74) is 2.55. The molecule has 0 saturated heterocycles. The Hall–Kier alpha value is -1.03. The summed E-state index contributed by atoms with van der Waals surface area (Å²) >= 11 is 2.88. The van der Waals surface area contributed by atoms with E-state index < -0.39 is 26.1 Å². The van der Waals surface area contributed by atoms with Gasteiger partial charge in [-0.1, -0.05) is 72.3 Å². The van der Waals surface area contributed by atoms with Crippen LogP contribution in [0.15, 0.2) is 88.7 Å². The molecule has 5 nitrogen and oxygen atoms in total. The van der Waals surface area contributed by atoms with E-state index >= 15 is 0 Å². The molecule has 0 saturated carbocycles. The van der Waals surface area contributed by atoms with Crippen LogP contribution in [0.4, 0.5) is 0 Å². The predicted molar refractivity (Wildman–Crippen MR) is 101 cm³/mol. The molecule has 0 spiro atoms. The van der Waals surface area contributed by atoms with Gasteiger partial charge >= 0.3 is 29.6 Å². The maximum absolute atomic E-state index is 10.7. The number of hydrogen-bond donors (Lipinski definition) is 1. The molecule has 1 N–H and O–H groups in total. The van der Waals surface area contributed by atoms with Crippen molar-refractivity contribution in [3.63, 3.8) is 0 Å². The second-order valence-electron chi connectivity index (χ2n) is 5.03. The summed E-state index contributed by atoms with van der Waals surface area (Å²) in [6.07, 6.45) is 0. The molecule has 0 heterocycles. The molecule has 27 heavy (non-hydrogen) atoms. The van der Waals surface area contributed by atoms with Crippen LogP contribution in [0.25, 0.3) is 11.1 Å². The van der Waals surface area contributed by atoms with Crippen LogP contribution in [0.1, 0.15) is 1.43 Å². The fraction of sp³-hybridized carbons (Fsp3) is 0. The standard InChI is InChI=1S/C12H10.C6H5ClO5S2.Na.H/c1-3-7-11(8-4-1)12-9-5-2-6-10-12;7-5-2-1-4(13(8)9)3-6(5)14(10,11)12;;/h1-10H;1-3H,(H,8,9)(H,10,11,12);;/q;;+1;-1/p-1. The molecule has 9 heteroatoms. The third-order valence-electron chi connectivity index (χ3n) is 3.25. The quantitative estimate of drug-likeness (QED) is 0.381. The van der Waals surface area contributed by atoms with Crippen molar-refractivity contribution in [1.82, 2.24) is 0 Å². The smallest absolute Gasteiger partial charge is 1.00 e. The van der Waals surface area contributed by atoms with Crippen LogP contribution in [-0.4, -0.2) is 21.7 Å². The maximum atomic E-state index is 10.7. The van der Waals surface area contributed by atoms with E-state index in [0.29, 0.717) is 0 Å². The molecule has 3 rings (SSSR count). The monoisotopic (exact) mass is 433 g/mol. The fourth-order valence-electron chi connectivity index (χ4n) is 2.05. The van der Waals surface area contributed by atoms with Gasteiger partial charge in [-0.25, -0.2) is 0 Å². The van der Waals surface area contributed by atoms with Gasteiger partial charge < -0.3 is 5.98 Å². The van der Waals surface area contributed by atoms with Crippen molar-refractivity contribution >= 4 is 32.8 Å². The Morgan fingerprint density at radius 3 is 1.70 bits per heavy atom. The number of halogens is 1. The molecule has 0 radical (unpaired) electrons. The van der Waals surface area contributed by atoms with E-state index in [-0.39, 0.29) is 40.9 Å². The molecule has 3 aromatic rings. The fourth-order valence-corrected chi connectivity index (χ4v) is 3.51. The minimum Gasteiger partial charge on any atom is -1.00 e. The molecule has 0 aliphatic heterocycles. The van der Waals surface area contributed by atoms with Crippen LogP contribution in [0.3, 0.4) is 0 Å². The molecule has 0 bridgehead atoms. The molecule has 0 aromatic heterocycles. The van der Waals surface area contributed by atoms with Crippen molar-refractivity contribution in [1.29, 1.82) is 0 Å². The van der Waals surface area contributed by atoms with E-state index in [1.54, 1.807) is 0 Å². The van der Waals surface area contributed by atoms with E-state index in [9.17, 15) is 17.2 Å². The topological polar surface area (TPSA) is 94.5 Å². The zero-order valence-corrected chi connectivity index (χ0v) is 18.7. The van der Waals surface area contributed by atoms with Gasteiger partial charge in [0.1, 0.15) is 4.90 Å². The molecule has 0 amide bonds. The molecule has 3 aromatic carbocycles.